The van der Waals surface area contributed by atoms with Crippen LogP contribution in [0.2, 0.25) is 0 Å². The molecule has 0 aromatic heterocycles. The normalized spacial score (nSPS) is 22.1. The van der Waals surface area contributed by atoms with Crippen LogP contribution in [0.15, 0.2) is 0 Å². The van der Waals surface area contributed by atoms with Crippen LogP contribution < -0.4 is 22.0 Å². The summed E-state index contributed by atoms with van der Waals surface area (Å²) >= 11 is 0. The van der Waals surface area contributed by atoms with Gasteiger partial charge in [-0.05, 0) is 19.3 Å². The highest BCUT2D eigenvalue weighted by Crippen LogP contribution is 1.93. The second-order valence-corrected chi connectivity index (χ2v) is 2.10. The number of piperidine rings is 1. The van der Waals surface area contributed by atoms with Gasteiger partial charge in [-0.1, -0.05) is 0 Å². The Kier molecular flexibility index (Phi) is 4.51. The molecule has 1 rings (SSSR count). The van der Waals surface area contributed by atoms with E-state index in [0.717, 1.165) is 25.9 Å². The monoisotopic (exact) mass is 180 g/mol. The lowest BCUT2D eigenvalue weighted by molar-refractivity contribution is -0.853. The maximum absolute atomic E-state index is 10.5. The molecule has 0 unspecified atom stereocenters. The van der Waals surface area contributed by atoms with Crippen molar-refractivity contribution in [1.29, 1.82) is 0 Å². The van der Waals surface area contributed by atoms with Crippen LogP contribution in [0, 0.1) is 5.21 Å². The fourth-order valence-electron chi connectivity index (χ4n) is 0.946. The predicted molar refractivity (Wildman–Crippen MR) is 27.9 cm³/mol. The molecule has 0 radical (unpaired) electrons. The van der Waals surface area contributed by atoms with E-state index in [1.165, 1.54) is 6.42 Å². The Morgan fingerprint density at radius 1 is 1.00 bits per heavy atom. The molecule has 1 N–H and O–H groups in total. The largest absolute Gasteiger partial charge is 1.00 e. The number of quaternary nitrogens is 1. The number of hydroxylamine groups is 2. The Morgan fingerprint density at radius 2 is 1.50 bits per heavy atom. The van der Waals surface area contributed by atoms with Gasteiger partial charge in [0.15, 0.2) is 0 Å². The van der Waals surface area contributed by atoms with Crippen molar-refractivity contribution in [1.82, 2.24) is 0 Å². The van der Waals surface area contributed by atoms with Gasteiger partial charge in [-0.3, -0.25) is 0 Å². The zero-order chi connectivity index (χ0) is 5.11. The summed E-state index contributed by atoms with van der Waals surface area (Å²) in [6.45, 7) is 1.69. The van der Waals surface area contributed by atoms with E-state index in [1.54, 1.807) is 0 Å². The molecule has 0 amide bonds. The Bertz CT molecular complexity index is 54.4. The summed E-state index contributed by atoms with van der Waals surface area (Å²) in [4.78, 5) is 0. The molecule has 0 saturated carbocycles. The summed E-state index contributed by atoms with van der Waals surface area (Å²) in [5, 5.41) is 10.9. The van der Waals surface area contributed by atoms with Crippen LogP contribution >= 0.6 is 0 Å². The minimum Gasteiger partial charge on any atom is -1.00 e. The highest BCUT2D eigenvalue weighted by atomic mass is 79.9. The molecular formula is C5H11BrNO-. The number of hydrogen-bond acceptors (Lipinski definition) is 1. The molecule has 0 atom stereocenters. The average Bonchev–Trinajstić information content (AvgIpc) is 1.69. The van der Waals surface area contributed by atoms with Gasteiger partial charge >= 0.3 is 0 Å². The molecule has 0 aromatic carbocycles. The van der Waals surface area contributed by atoms with E-state index in [2.05, 4.69) is 0 Å². The van der Waals surface area contributed by atoms with Gasteiger partial charge in [0.2, 0.25) is 0 Å². The molecule has 1 fully saturated rings. The van der Waals surface area contributed by atoms with Crippen molar-refractivity contribution in [2.75, 3.05) is 13.1 Å². The van der Waals surface area contributed by atoms with E-state index in [4.69, 9.17) is 0 Å². The van der Waals surface area contributed by atoms with E-state index in [9.17, 15) is 5.21 Å². The Hall–Kier alpha value is 0.400. The SMILES string of the molecule is [Br-].[O-][NH+]1CCCCC1. The van der Waals surface area contributed by atoms with Crippen LogP contribution in [0.1, 0.15) is 19.3 Å². The van der Waals surface area contributed by atoms with Crippen molar-refractivity contribution in [2.24, 2.45) is 0 Å². The van der Waals surface area contributed by atoms with E-state index in [1.807, 2.05) is 0 Å². The third-order valence-electron chi connectivity index (χ3n) is 1.41. The first-order valence-electron chi connectivity index (χ1n) is 2.91. The molecule has 50 valence electrons. The van der Waals surface area contributed by atoms with Gasteiger partial charge < -0.3 is 27.3 Å². The van der Waals surface area contributed by atoms with Crippen molar-refractivity contribution < 1.29 is 22.0 Å². The van der Waals surface area contributed by atoms with Crippen LogP contribution in [-0.2, 0) is 0 Å². The fraction of sp³-hybridized carbons (Fsp3) is 1.00. The zero-order valence-corrected chi connectivity index (χ0v) is 6.41. The first-order valence-corrected chi connectivity index (χ1v) is 2.91. The third kappa shape index (κ3) is 2.64. The van der Waals surface area contributed by atoms with E-state index in [0.29, 0.717) is 5.06 Å². The van der Waals surface area contributed by atoms with E-state index < -0.39 is 0 Å². The third-order valence-corrected chi connectivity index (χ3v) is 1.41. The van der Waals surface area contributed by atoms with Gasteiger partial charge in [0.1, 0.15) is 0 Å². The van der Waals surface area contributed by atoms with Crippen LogP contribution in [0.3, 0.4) is 0 Å². The lowest BCUT2D eigenvalue weighted by Crippen LogP contribution is -3.07. The molecule has 3 heteroatoms. The van der Waals surface area contributed by atoms with Crippen molar-refractivity contribution in [3.05, 3.63) is 5.21 Å². The quantitative estimate of drug-likeness (QED) is 0.387. The van der Waals surface area contributed by atoms with Crippen molar-refractivity contribution >= 4 is 0 Å². The van der Waals surface area contributed by atoms with E-state index >= 15 is 0 Å². The molecule has 1 aliphatic rings. The highest BCUT2D eigenvalue weighted by Gasteiger charge is 2.02. The molecule has 1 heterocycles. The molecule has 0 bridgehead atoms. The van der Waals surface area contributed by atoms with Crippen molar-refractivity contribution in [3.8, 4) is 0 Å². The zero-order valence-electron chi connectivity index (χ0n) is 4.82. The molecule has 0 aromatic rings. The van der Waals surface area contributed by atoms with E-state index in [-0.39, 0.29) is 17.0 Å². The van der Waals surface area contributed by atoms with Crippen LogP contribution in [-0.4, -0.2) is 13.1 Å². The number of nitrogens with one attached hydrogen (secondary N) is 1. The Morgan fingerprint density at radius 3 is 1.75 bits per heavy atom. The highest BCUT2D eigenvalue weighted by molar-refractivity contribution is 4.44. The van der Waals surface area contributed by atoms with Gasteiger partial charge in [-0.15, -0.1) is 0 Å². The summed E-state index contributed by atoms with van der Waals surface area (Å²) in [6.07, 6.45) is 3.55. The van der Waals surface area contributed by atoms with Gasteiger partial charge in [0, 0.05) is 0 Å². The minimum atomic E-state index is 0. The van der Waals surface area contributed by atoms with Gasteiger partial charge in [-0.25, -0.2) is 0 Å². The molecule has 1 aliphatic heterocycles. The first-order chi connectivity index (χ1) is 3.39. The number of hydrogen-bond donors (Lipinski definition) is 1. The second kappa shape index (κ2) is 4.30. The lowest BCUT2D eigenvalue weighted by atomic mass is 10.2. The second-order valence-electron chi connectivity index (χ2n) is 2.10. The fourth-order valence-corrected chi connectivity index (χ4v) is 0.946. The predicted octanol–water partition coefficient (Wildman–Crippen LogP) is -3.44. The maximum atomic E-state index is 10.5. The molecule has 0 aliphatic carbocycles. The maximum Gasteiger partial charge on any atom is 0.0768 e. The lowest BCUT2D eigenvalue weighted by Gasteiger charge is -2.25. The minimum absolute atomic E-state index is 0. The molecular weight excluding hydrogens is 170 g/mol. The molecule has 1 saturated heterocycles. The van der Waals surface area contributed by atoms with Gasteiger partial charge in [0.05, 0.1) is 13.1 Å². The molecule has 0 spiro atoms. The smallest absolute Gasteiger partial charge is 0.0768 e. The Balaban J connectivity index is 0.000000490. The standard InChI is InChI=1S/C5H11NO.BrH/c7-6-4-2-1-3-5-6;/h6H,1-5H2;1H/p-1. The molecule has 2 nitrogen and oxygen atoms in total. The van der Waals surface area contributed by atoms with Crippen LogP contribution in [0.5, 0.6) is 0 Å². The summed E-state index contributed by atoms with van der Waals surface area (Å²) < 4.78 is 0. The van der Waals surface area contributed by atoms with Crippen LogP contribution in [0.25, 0.3) is 0 Å². The van der Waals surface area contributed by atoms with Crippen LogP contribution in [0.4, 0.5) is 0 Å². The number of halogens is 1. The average molecular weight is 181 g/mol. The summed E-state index contributed by atoms with van der Waals surface area (Å²) in [5.74, 6) is 0. The van der Waals surface area contributed by atoms with Gasteiger partial charge in [0.25, 0.3) is 0 Å². The first kappa shape index (κ1) is 8.40. The summed E-state index contributed by atoms with van der Waals surface area (Å²) in [7, 11) is 0. The van der Waals surface area contributed by atoms with Crippen molar-refractivity contribution in [3.63, 3.8) is 0 Å². The molecule has 8 heavy (non-hydrogen) atoms. The van der Waals surface area contributed by atoms with Crippen molar-refractivity contribution in [2.45, 2.75) is 19.3 Å². The van der Waals surface area contributed by atoms with Gasteiger partial charge in [-0.2, -0.15) is 0 Å². The topological polar surface area (TPSA) is 27.5 Å². The summed E-state index contributed by atoms with van der Waals surface area (Å²) in [5.41, 5.74) is 0. The number of rotatable bonds is 0. The Labute approximate surface area is 60.2 Å². The summed E-state index contributed by atoms with van der Waals surface area (Å²) in [6, 6.07) is 0.